The normalized spacial score (nSPS) is 15.5. The van der Waals surface area contributed by atoms with Crippen molar-refractivity contribution in [1.29, 1.82) is 0 Å². The summed E-state index contributed by atoms with van der Waals surface area (Å²) >= 11 is 0. The molecule has 1 heterocycles. The van der Waals surface area contributed by atoms with Gasteiger partial charge in [0.25, 0.3) is 0 Å². The van der Waals surface area contributed by atoms with E-state index in [1.165, 1.54) is 29.3 Å². The molecule has 1 fully saturated rings. The Hall–Kier alpha value is -2.54. The number of carbonyl (C=O) groups excluding carboxylic acids is 1. The molecular weight excluding hydrogens is 398 g/mol. The molecule has 6 nitrogen and oxygen atoms in total. The third-order valence-corrected chi connectivity index (χ3v) is 6.64. The van der Waals surface area contributed by atoms with Crippen LogP contribution in [0.3, 0.4) is 0 Å². The summed E-state index contributed by atoms with van der Waals surface area (Å²) in [5, 5.41) is 2.91. The maximum atomic E-state index is 12.9. The van der Waals surface area contributed by atoms with E-state index in [1.807, 2.05) is 25.1 Å². The number of amides is 1. The maximum absolute atomic E-state index is 12.9. The highest BCUT2D eigenvalue weighted by Crippen LogP contribution is 2.23. The van der Waals surface area contributed by atoms with Gasteiger partial charge in [0.2, 0.25) is 15.9 Å². The van der Waals surface area contributed by atoms with Gasteiger partial charge in [0, 0.05) is 25.3 Å². The molecule has 1 N–H and O–H groups in total. The fraction of sp³-hybridized carbons (Fsp3) is 0.435. The average Bonchev–Trinajstić information content (AvgIpc) is 2.76. The summed E-state index contributed by atoms with van der Waals surface area (Å²) in [4.78, 5) is 15.3. The Morgan fingerprint density at radius 2 is 1.67 bits per heavy atom. The summed E-state index contributed by atoms with van der Waals surface area (Å²) in [7, 11) is -3.61. The number of para-hydroxylation sites is 1. The second-order valence-electron chi connectivity index (χ2n) is 7.75. The summed E-state index contributed by atoms with van der Waals surface area (Å²) in [5.41, 5.74) is 2.70. The molecule has 0 bridgehead atoms. The minimum Gasteiger partial charge on any atom is -0.372 e. The lowest BCUT2D eigenvalue weighted by Gasteiger charge is -2.30. The predicted molar refractivity (Wildman–Crippen MR) is 122 cm³/mol. The third-order valence-electron chi connectivity index (χ3n) is 5.46. The van der Waals surface area contributed by atoms with Crippen LogP contribution in [-0.4, -0.2) is 39.7 Å². The number of nitrogens with zero attached hydrogens (tertiary/aromatic N) is 2. The number of piperidine rings is 1. The Morgan fingerprint density at radius 3 is 2.23 bits per heavy atom. The van der Waals surface area contributed by atoms with Crippen LogP contribution in [0, 0.1) is 0 Å². The van der Waals surface area contributed by atoms with Gasteiger partial charge in [-0.2, -0.15) is 0 Å². The molecule has 2 aromatic rings. The summed E-state index contributed by atoms with van der Waals surface area (Å²) < 4.78 is 26.1. The second kappa shape index (κ2) is 9.98. The van der Waals surface area contributed by atoms with Crippen LogP contribution < -0.4 is 14.5 Å². The van der Waals surface area contributed by atoms with Crippen molar-refractivity contribution >= 4 is 27.3 Å². The molecular formula is C23H31N3O3S. The standard InChI is InChI=1S/C23H31N3O3S/c1-3-22(26(30(2,28)29)21-10-6-4-7-11-21)23(27)24-18-19-12-14-20(15-13-19)25-16-8-5-9-17-25/h4,6-7,10-15,22H,3,5,8-9,16-18H2,1-2H3,(H,24,27)/t22-/m1/s1. The predicted octanol–water partition coefficient (Wildman–Crippen LogP) is 3.54. The topological polar surface area (TPSA) is 69.7 Å². The van der Waals surface area contributed by atoms with Crippen LogP contribution in [0.1, 0.15) is 38.2 Å². The lowest BCUT2D eigenvalue weighted by molar-refractivity contribution is -0.122. The summed E-state index contributed by atoms with van der Waals surface area (Å²) in [6.07, 6.45) is 5.27. The molecule has 3 rings (SSSR count). The van der Waals surface area contributed by atoms with Crippen molar-refractivity contribution in [2.75, 3.05) is 28.6 Å². The number of sulfonamides is 1. The first kappa shape index (κ1) is 22.2. The van der Waals surface area contributed by atoms with Crippen molar-refractivity contribution in [3.8, 4) is 0 Å². The highest BCUT2D eigenvalue weighted by atomic mass is 32.2. The van der Waals surface area contributed by atoms with Crippen molar-refractivity contribution in [2.45, 2.75) is 45.2 Å². The second-order valence-corrected chi connectivity index (χ2v) is 9.61. The lowest BCUT2D eigenvalue weighted by atomic mass is 10.1. The average molecular weight is 430 g/mol. The number of hydrogen-bond acceptors (Lipinski definition) is 4. The summed E-state index contributed by atoms with van der Waals surface area (Å²) in [6, 6.07) is 16.2. The zero-order valence-electron chi connectivity index (χ0n) is 17.8. The zero-order chi connectivity index (χ0) is 21.6. The molecule has 1 aliphatic rings. The Bertz CT molecular complexity index is 924. The van der Waals surface area contributed by atoms with Gasteiger partial charge in [-0.3, -0.25) is 9.10 Å². The molecule has 1 atom stereocenters. The van der Waals surface area contributed by atoms with Gasteiger partial charge in [0.1, 0.15) is 6.04 Å². The fourth-order valence-corrected chi connectivity index (χ4v) is 5.13. The largest absolute Gasteiger partial charge is 0.372 e. The molecule has 1 saturated heterocycles. The van der Waals surface area contributed by atoms with Crippen molar-refractivity contribution in [3.05, 3.63) is 60.2 Å². The first-order valence-electron chi connectivity index (χ1n) is 10.6. The number of carbonyl (C=O) groups is 1. The SMILES string of the molecule is CC[C@H](C(=O)NCc1ccc(N2CCCCC2)cc1)N(c1ccccc1)S(C)(=O)=O. The number of benzene rings is 2. The first-order chi connectivity index (χ1) is 14.4. The first-order valence-corrected chi connectivity index (χ1v) is 12.4. The van der Waals surface area contributed by atoms with Gasteiger partial charge in [-0.05, 0) is 55.5 Å². The van der Waals surface area contributed by atoms with Gasteiger partial charge in [-0.15, -0.1) is 0 Å². The van der Waals surface area contributed by atoms with Crippen molar-refractivity contribution in [2.24, 2.45) is 0 Å². The number of anilines is 2. The van der Waals surface area contributed by atoms with Crippen molar-refractivity contribution in [1.82, 2.24) is 5.32 Å². The molecule has 0 aromatic heterocycles. The highest BCUT2D eigenvalue weighted by Gasteiger charge is 2.31. The molecule has 0 aliphatic carbocycles. The van der Waals surface area contributed by atoms with Gasteiger partial charge in [0.15, 0.2) is 0 Å². The minimum absolute atomic E-state index is 0.299. The van der Waals surface area contributed by atoms with Gasteiger partial charge in [-0.1, -0.05) is 37.3 Å². The summed E-state index contributed by atoms with van der Waals surface area (Å²) in [6.45, 7) is 4.37. The molecule has 7 heteroatoms. The molecule has 0 unspecified atom stereocenters. The third kappa shape index (κ3) is 5.53. The van der Waals surface area contributed by atoms with E-state index in [4.69, 9.17) is 0 Å². The monoisotopic (exact) mass is 429 g/mol. The zero-order valence-corrected chi connectivity index (χ0v) is 18.6. The maximum Gasteiger partial charge on any atom is 0.244 e. The smallest absolute Gasteiger partial charge is 0.244 e. The van der Waals surface area contributed by atoms with E-state index >= 15 is 0 Å². The van der Waals surface area contributed by atoms with E-state index < -0.39 is 16.1 Å². The molecule has 2 aromatic carbocycles. The number of nitrogens with one attached hydrogen (secondary N) is 1. The van der Waals surface area contributed by atoms with E-state index in [0.29, 0.717) is 18.7 Å². The van der Waals surface area contributed by atoms with Crippen LogP contribution in [-0.2, 0) is 21.4 Å². The minimum atomic E-state index is -3.61. The molecule has 1 aliphatic heterocycles. The van der Waals surface area contributed by atoms with Crippen LogP contribution in [0.15, 0.2) is 54.6 Å². The highest BCUT2D eigenvalue weighted by molar-refractivity contribution is 7.92. The van der Waals surface area contributed by atoms with Gasteiger partial charge < -0.3 is 10.2 Å². The van der Waals surface area contributed by atoms with E-state index in [1.54, 1.807) is 24.3 Å². The van der Waals surface area contributed by atoms with E-state index in [9.17, 15) is 13.2 Å². The molecule has 1 amide bonds. The number of rotatable bonds is 8. The van der Waals surface area contributed by atoms with Crippen molar-refractivity contribution < 1.29 is 13.2 Å². The van der Waals surface area contributed by atoms with E-state index in [0.717, 1.165) is 24.9 Å². The quantitative estimate of drug-likeness (QED) is 0.697. The van der Waals surface area contributed by atoms with Crippen LogP contribution in [0.5, 0.6) is 0 Å². The molecule has 162 valence electrons. The van der Waals surface area contributed by atoms with Gasteiger partial charge in [0.05, 0.1) is 11.9 Å². The Kier molecular flexibility index (Phi) is 7.37. The Morgan fingerprint density at radius 1 is 1.03 bits per heavy atom. The Balaban J connectivity index is 1.67. The molecule has 0 saturated carbocycles. The Labute approximate surface area is 179 Å². The van der Waals surface area contributed by atoms with E-state index in [-0.39, 0.29) is 5.91 Å². The molecule has 0 spiro atoms. The van der Waals surface area contributed by atoms with Gasteiger partial charge in [-0.25, -0.2) is 8.42 Å². The van der Waals surface area contributed by atoms with E-state index in [2.05, 4.69) is 22.3 Å². The summed E-state index contributed by atoms with van der Waals surface area (Å²) in [5.74, 6) is -0.299. The van der Waals surface area contributed by atoms with Crippen LogP contribution in [0.2, 0.25) is 0 Å². The number of hydrogen-bond donors (Lipinski definition) is 1. The van der Waals surface area contributed by atoms with Crippen LogP contribution >= 0.6 is 0 Å². The fourth-order valence-electron chi connectivity index (χ4n) is 3.92. The lowest BCUT2D eigenvalue weighted by Crippen LogP contribution is -2.49. The van der Waals surface area contributed by atoms with Gasteiger partial charge >= 0.3 is 0 Å². The molecule has 30 heavy (non-hydrogen) atoms. The van der Waals surface area contributed by atoms with Crippen molar-refractivity contribution in [3.63, 3.8) is 0 Å². The van der Waals surface area contributed by atoms with Crippen LogP contribution in [0.4, 0.5) is 11.4 Å². The van der Waals surface area contributed by atoms with Crippen LogP contribution in [0.25, 0.3) is 0 Å². The molecule has 0 radical (unpaired) electrons.